The molecule has 1 fully saturated rings. The lowest BCUT2D eigenvalue weighted by molar-refractivity contribution is -0.00517. The van der Waals surface area contributed by atoms with Gasteiger partial charge in [-0.05, 0) is 26.0 Å². The van der Waals surface area contributed by atoms with Crippen molar-refractivity contribution in [2.45, 2.75) is 32.6 Å². The van der Waals surface area contributed by atoms with Gasteiger partial charge in [-0.1, -0.05) is 12.1 Å². The first-order valence-corrected chi connectivity index (χ1v) is 7.44. The van der Waals surface area contributed by atoms with Gasteiger partial charge in [0.15, 0.2) is 0 Å². The van der Waals surface area contributed by atoms with Crippen molar-refractivity contribution in [2.24, 2.45) is 0 Å². The number of rotatable bonds is 4. The molecule has 2 unspecified atom stereocenters. The van der Waals surface area contributed by atoms with E-state index in [1.807, 2.05) is 6.20 Å². The number of hydrogen-bond acceptors (Lipinski definition) is 4. The Balaban J connectivity index is 1.75. The van der Waals surface area contributed by atoms with E-state index in [1.54, 1.807) is 6.20 Å². The minimum atomic E-state index is 0.256. The molecule has 1 saturated heterocycles. The molecular weight excluding hydrogens is 264 g/mol. The first-order valence-electron chi connectivity index (χ1n) is 7.44. The molecule has 0 spiro atoms. The summed E-state index contributed by atoms with van der Waals surface area (Å²) in [6.07, 6.45) is 4.13. The molecular formula is C16H22N4O. The number of aromatic nitrogens is 2. The monoisotopic (exact) mass is 286 g/mol. The van der Waals surface area contributed by atoms with Crippen LogP contribution in [0, 0.1) is 0 Å². The summed E-state index contributed by atoms with van der Waals surface area (Å²) in [5.74, 6) is 0.938. The summed E-state index contributed by atoms with van der Waals surface area (Å²) in [6, 6.07) is 8.41. The number of aromatic amines is 1. The Hall–Kier alpha value is -2.01. The van der Waals surface area contributed by atoms with Crippen LogP contribution in [-0.4, -0.2) is 35.3 Å². The van der Waals surface area contributed by atoms with Crippen LogP contribution < -0.4 is 10.2 Å². The Morgan fingerprint density at radius 2 is 2.05 bits per heavy atom. The predicted octanol–water partition coefficient (Wildman–Crippen LogP) is 2.64. The number of nitrogens with zero attached hydrogens (tertiary/aromatic N) is 2. The van der Waals surface area contributed by atoms with Crippen molar-refractivity contribution < 1.29 is 4.74 Å². The fraction of sp³-hybridized carbons (Fsp3) is 0.438. The van der Waals surface area contributed by atoms with Crippen LogP contribution in [0.4, 0.5) is 11.4 Å². The van der Waals surface area contributed by atoms with Gasteiger partial charge in [-0.3, -0.25) is 0 Å². The fourth-order valence-electron chi connectivity index (χ4n) is 2.85. The van der Waals surface area contributed by atoms with Gasteiger partial charge in [0, 0.05) is 25.5 Å². The van der Waals surface area contributed by atoms with Crippen molar-refractivity contribution in [1.82, 2.24) is 9.97 Å². The van der Waals surface area contributed by atoms with Crippen molar-refractivity contribution in [1.29, 1.82) is 0 Å². The van der Waals surface area contributed by atoms with Gasteiger partial charge in [-0.15, -0.1) is 0 Å². The van der Waals surface area contributed by atoms with E-state index in [0.29, 0.717) is 6.54 Å². The maximum absolute atomic E-state index is 5.82. The Labute approximate surface area is 125 Å². The molecule has 1 aliphatic heterocycles. The predicted molar refractivity (Wildman–Crippen MR) is 84.6 cm³/mol. The fourth-order valence-corrected chi connectivity index (χ4v) is 2.85. The lowest BCUT2D eigenvalue weighted by Gasteiger charge is -2.37. The van der Waals surface area contributed by atoms with Gasteiger partial charge >= 0.3 is 0 Å². The zero-order chi connectivity index (χ0) is 14.7. The van der Waals surface area contributed by atoms with E-state index < -0.39 is 0 Å². The van der Waals surface area contributed by atoms with E-state index in [-0.39, 0.29) is 12.2 Å². The molecule has 3 rings (SSSR count). The highest BCUT2D eigenvalue weighted by Crippen LogP contribution is 2.28. The van der Waals surface area contributed by atoms with Crippen LogP contribution in [0.5, 0.6) is 0 Å². The minimum absolute atomic E-state index is 0.256. The van der Waals surface area contributed by atoms with Gasteiger partial charge < -0.3 is 19.9 Å². The van der Waals surface area contributed by atoms with E-state index >= 15 is 0 Å². The van der Waals surface area contributed by atoms with Crippen molar-refractivity contribution in [3.05, 3.63) is 42.5 Å². The number of anilines is 2. The minimum Gasteiger partial charge on any atom is -0.376 e. The van der Waals surface area contributed by atoms with Crippen LogP contribution in [-0.2, 0) is 11.3 Å². The highest BCUT2D eigenvalue weighted by Gasteiger charge is 2.23. The second kappa shape index (κ2) is 6.18. The molecule has 0 bridgehead atoms. The lowest BCUT2D eigenvalue weighted by Crippen LogP contribution is -2.45. The Bertz CT molecular complexity index is 559. The van der Waals surface area contributed by atoms with Gasteiger partial charge in [0.1, 0.15) is 5.82 Å². The molecule has 0 aliphatic carbocycles. The average Bonchev–Trinajstić information content (AvgIpc) is 2.98. The largest absolute Gasteiger partial charge is 0.376 e. The van der Waals surface area contributed by atoms with Gasteiger partial charge in [0.05, 0.1) is 30.1 Å². The van der Waals surface area contributed by atoms with E-state index in [1.165, 1.54) is 5.69 Å². The molecule has 1 aromatic heterocycles. The third-order valence-electron chi connectivity index (χ3n) is 3.67. The molecule has 21 heavy (non-hydrogen) atoms. The molecule has 0 saturated carbocycles. The van der Waals surface area contributed by atoms with Gasteiger partial charge in [0.25, 0.3) is 0 Å². The summed E-state index contributed by atoms with van der Waals surface area (Å²) in [5, 5.41) is 3.47. The van der Waals surface area contributed by atoms with Crippen LogP contribution in [0.3, 0.4) is 0 Å². The number of imidazole rings is 1. The van der Waals surface area contributed by atoms with Crippen LogP contribution >= 0.6 is 0 Å². The molecule has 2 N–H and O–H groups in total. The Morgan fingerprint density at radius 1 is 1.29 bits per heavy atom. The Kier molecular flexibility index (Phi) is 4.10. The summed E-state index contributed by atoms with van der Waals surface area (Å²) < 4.78 is 5.82. The zero-order valence-electron chi connectivity index (χ0n) is 12.5. The number of benzene rings is 1. The van der Waals surface area contributed by atoms with Crippen LogP contribution in [0.2, 0.25) is 0 Å². The summed E-state index contributed by atoms with van der Waals surface area (Å²) >= 11 is 0. The van der Waals surface area contributed by atoms with E-state index in [2.05, 4.69) is 58.3 Å². The lowest BCUT2D eigenvalue weighted by atomic mass is 10.1. The third kappa shape index (κ3) is 3.36. The number of hydrogen-bond donors (Lipinski definition) is 2. The van der Waals surface area contributed by atoms with Crippen molar-refractivity contribution >= 4 is 11.4 Å². The number of para-hydroxylation sites is 2. The number of morpholine rings is 1. The molecule has 0 radical (unpaired) electrons. The molecule has 112 valence electrons. The van der Waals surface area contributed by atoms with Gasteiger partial charge in [-0.25, -0.2) is 4.98 Å². The number of ether oxygens (including phenoxy) is 1. The second-order valence-corrected chi connectivity index (χ2v) is 5.57. The SMILES string of the molecule is CC1CN(c2ccccc2NCc2ncc[nH]2)CC(C)O1. The first kappa shape index (κ1) is 13.9. The zero-order valence-corrected chi connectivity index (χ0v) is 12.5. The molecule has 5 heteroatoms. The quantitative estimate of drug-likeness (QED) is 0.907. The summed E-state index contributed by atoms with van der Waals surface area (Å²) in [5.41, 5.74) is 2.36. The number of nitrogens with one attached hydrogen (secondary N) is 2. The summed E-state index contributed by atoms with van der Waals surface area (Å²) in [6.45, 7) is 6.79. The molecule has 0 amide bonds. The molecule has 5 nitrogen and oxygen atoms in total. The van der Waals surface area contributed by atoms with E-state index in [9.17, 15) is 0 Å². The third-order valence-corrected chi connectivity index (χ3v) is 3.67. The normalized spacial score (nSPS) is 22.3. The van der Waals surface area contributed by atoms with Crippen LogP contribution in [0.15, 0.2) is 36.7 Å². The van der Waals surface area contributed by atoms with Gasteiger partial charge in [-0.2, -0.15) is 0 Å². The highest BCUT2D eigenvalue weighted by atomic mass is 16.5. The van der Waals surface area contributed by atoms with Crippen molar-refractivity contribution in [3.8, 4) is 0 Å². The van der Waals surface area contributed by atoms with E-state index in [0.717, 1.165) is 24.6 Å². The molecule has 2 aromatic rings. The molecule has 1 aliphatic rings. The summed E-state index contributed by atoms with van der Waals surface area (Å²) in [7, 11) is 0. The van der Waals surface area contributed by atoms with E-state index in [4.69, 9.17) is 4.74 Å². The number of H-pyrrole nitrogens is 1. The van der Waals surface area contributed by atoms with Crippen LogP contribution in [0.1, 0.15) is 19.7 Å². The van der Waals surface area contributed by atoms with Gasteiger partial charge in [0.2, 0.25) is 0 Å². The smallest absolute Gasteiger partial charge is 0.125 e. The first-order chi connectivity index (χ1) is 10.2. The van der Waals surface area contributed by atoms with Crippen LogP contribution in [0.25, 0.3) is 0 Å². The standard InChI is InChI=1S/C16H22N4O/c1-12-10-20(11-13(2)21-12)15-6-4-3-5-14(15)19-9-16-17-7-8-18-16/h3-8,12-13,19H,9-11H2,1-2H3,(H,17,18). The maximum atomic E-state index is 5.82. The van der Waals surface area contributed by atoms with Crippen molar-refractivity contribution in [3.63, 3.8) is 0 Å². The molecule has 2 atom stereocenters. The average molecular weight is 286 g/mol. The molecule has 1 aromatic carbocycles. The van der Waals surface area contributed by atoms with Crippen molar-refractivity contribution in [2.75, 3.05) is 23.3 Å². The second-order valence-electron chi connectivity index (χ2n) is 5.57. The maximum Gasteiger partial charge on any atom is 0.125 e. The Morgan fingerprint density at radius 3 is 2.76 bits per heavy atom. The topological polar surface area (TPSA) is 53.2 Å². The summed E-state index contributed by atoms with van der Waals surface area (Å²) in [4.78, 5) is 9.75. The molecule has 2 heterocycles. The highest BCUT2D eigenvalue weighted by molar-refractivity contribution is 5.70.